The molecule has 88 heavy (non-hydrogen) atoms. The smallest absolute Gasteiger partial charge is 0.409 e. The average molecular weight is 1340 g/mol. The van der Waals surface area contributed by atoms with E-state index in [1.165, 1.54) is 58.3 Å². The first kappa shape index (κ1) is 72.1. The number of methoxy groups -OCH3 is 2. The van der Waals surface area contributed by atoms with Crippen molar-refractivity contribution < 1.29 is 76.7 Å². The maximum Gasteiger partial charge on any atom is 0.409 e. The van der Waals surface area contributed by atoms with Crippen LogP contribution in [0, 0.1) is 11.8 Å². The van der Waals surface area contributed by atoms with Gasteiger partial charge in [-0.2, -0.15) is 0 Å². The Balaban J connectivity index is 1.34. The fraction of sp³-hybridized carbons (Fsp3) is 0.557. The number of ether oxygens (including phenoxy) is 6. The summed E-state index contributed by atoms with van der Waals surface area (Å²) >= 11 is 16.8. The van der Waals surface area contributed by atoms with Crippen LogP contribution >= 0.6 is 39.1 Å². The number of primary amides is 1. The number of rotatable bonds is 25. The molecular formula is C61H83BrCl2N8O16. The molecule has 2 aromatic rings. The number of allylic oxidation sites excluding steroid dienone is 3. The van der Waals surface area contributed by atoms with Gasteiger partial charge < -0.3 is 69.8 Å². The molecule has 2 fully saturated rings. The Hall–Kier alpha value is -6.61. The molecule has 24 nitrogen and oxygen atoms in total. The minimum Gasteiger partial charge on any atom is -0.495 e. The van der Waals surface area contributed by atoms with E-state index in [1.54, 1.807) is 58.9 Å². The minimum absolute atomic E-state index is 0.0259. The minimum atomic E-state index is -1.93. The number of hydrogen-bond donors (Lipinski definition) is 7. The van der Waals surface area contributed by atoms with Crippen LogP contribution in [0.5, 0.6) is 5.75 Å². The highest BCUT2D eigenvalue weighted by Gasteiger charge is 2.64. The van der Waals surface area contributed by atoms with Crippen molar-refractivity contribution in [3.05, 3.63) is 87.5 Å². The summed E-state index contributed by atoms with van der Waals surface area (Å²) in [7, 11) is 5.71. The molecule has 484 valence electrons. The highest BCUT2D eigenvalue weighted by molar-refractivity contribution is 9.09. The van der Waals surface area contributed by atoms with Gasteiger partial charge >= 0.3 is 24.1 Å². The fourth-order valence-electron chi connectivity index (χ4n) is 10.4. The van der Waals surface area contributed by atoms with E-state index >= 15 is 0 Å². The zero-order valence-electron chi connectivity index (χ0n) is 51.5. The second-order valence-electron chi connectivity index (χ2n) is 23.0. The number of amides is 7. The molecule has 0 spiro atoms. The standard InChI is InChI=1S/C61H83BrCl2N8O16/c1-32(2)51(67-40(31-73)18-14-17-35(5)85-56(78)34(4)30-62)54(76)69-43(19-15-23-66-58(65)80)53(75)68-39-21-22-41(42(63)27-39)55(77)71(9)37(7)57(79)87-48-28-49(74)72(10)44-25-38(26-45(83-11)50(44)64)24-33(3)16-13-20-47(84-12)61(82)29-46(86-59(81)70-61)36(6)52-60(48,8)88-52/h13,16,20-22,25-27,31-32,35-37,40,43,46-48,51-52,67,82H,4,14-15,17-19,23-24,28-30H2,1-3,5-12H3,(H,68,75)(H,69,76)(H,70,81)(H3,65,66,80)/b20-13+,33-16+/t35?,36-,37+,40?,43+,46+,47-,48+,51+,52+,60+,61+/m1/s1. The number of hydrogen-bond acceptors (Lipinski definition) is 17. The van der Waals surface area contributed by atoms with Crippen LogP contribution in [-0.2, 0) is 58.9 Å². The van der Waals surface area contributed by atoms with Gasteiger partial charge in [-0.1, -0.05) is 90.3 Å². The number of carbonyl (C=O) groups excluding carboxylic acids is 9. The molecule has 0 aliphatic carbocycles. The first-order valence-electron chi connectivity index (χ1n) is 28.9. The number of aldehydes is 1. The third-order valence-corrected chi connectivity index (χ3v) is 17.3. The van der Waals surface area contributed by atoms with Gasteiger partial charge in [-0.25, -0.2) is 19.2 Å². The molecule has 0 saturated carbocycles. The van der Waals surface area contributed by atoms with Gasteiger partial charge in [-0.05, 0) is 108 Å². The van der Waals surface area contributed by atoms with Gasteiger partial charge in [0.05, 0.1) is 54.1 Å². The molecule has 5 rings (SSSR count). The second kappa shape index (κ2) is 32.2. The lowest BCUT2D eigenvalue weighted by molar-refractivity contribution is -0.158. The molecule has 0 radical (unpaired) electrons. The van der Waals surface area contributed by atoms with E-state index in [0.717, 1.165) is 16.0 Å². The van der Waals surface area contributed by atoms with E-state index in [1.807, 2.05) is 13.0 Å². The van der Waals surface area contributed by atoms with Gasteiger partial charge in [0.2, 0.25) is 17.7 Å². The number of urea groups is 1. The Morgan fingerprint density at radius 3 is 2.38 bits per heavy atom. The van der Waals surface area contributed by atoms with Crippen molar-refractivity contribution in [1.29, 1.82) is 0 Å². The molecule has 12 atom stereocenters. The normalized spacial score (nSPS) is 24.6. The van der Waals surface area contributed by atoms with Crippen molar-refractivity contribution >= 4 is 104 Å². The zero-order chi connectivity index (χ0) is 65.5. The number of epoxide rings is 1. The van der Waals surface area contributed by atoms with E-state index in [4.69, 9.17) is 57.4 Å². The van der Waals surface area contributed by atoms with Gasteiger partial charge in [-0.15, -0.1) is 0 Å². The number of benzene rings is 2. The number of halogens is 3. The van der Waals surface area contributed by atoms with E-state index in [9.17, 15) is 48.3 Å². The average Bonchev–Trinajstić information content (AvgIpc) is 1.57. The number of alkyl carbamates (subject to hydrolysis) is 1. The Bertz CT molecular complexity index is 2990. The van der Waals surface area contributed by atoms with Crippen LogP contribution in [0.25, 0.3) is 0 Å². The SMILES string of the molecule is C=C(CBr)C(=O)OC(C)CCCC(C=O)N[C@H](C(=O)N[C@@H](CCCNC(N)=O)C(=O)Nc1ccc(C(=O)N(C)[C@@H](C)C(=O)O[C@H]2CC(=O)N(C)c3cc(cc(OC)c3Cl)C/C(C)=C/C=C/[C@@H](OC)[C@@]3(O)C[C@H](OC(=O)N3)[C@@H](C)[C@@H]3O[C@@]23C)c(Cl)c1)C(C)C. The van der Waals surface area contributed by atoms with Gasteiger partial charge in [-0.3, -0.25) is 29.8 Å². The summed E-state index contributed by atoms with van der Waals surface area (Å²) < 4.78 is 35.0. The largest absolute Gasteiger partial charge is 0.495 e. The number of alkyl halides is 1. The van der Waals surface area contributed by atoms with Crippen LogP contribution in [0.15, 0.2) is 66.3 Å². The number of nitrogens with one attached hydrogen (secondary N) is 5. The highest BCUT2D eigenvalue weighted by Crippen LogP contribution is 2.49. The number of anilines is 2. The molecule has 27 heteroatoms. The number of nitrogens with zero attached hydrogens (tertiary/aromatic N) is 2. The lowest BCUT2D eigenvalue weighted by atomic mass is 9.83. The van der Waals surface area contributed by atoms with Crippen LogP contribution in [0.3, 0.4) is 0 Å². The number of esters is 2. The van der Waals surface area contributed by atoms with E-state index in [-0.39, 0.29) is 63.9 Å². The predicted molar refractivity (Wildman–Crippen MR) is 333 cm³/mol. The summed E-state index contributed by atoms with van der Waals surface area (Å²) in [5.74, 6) is -4.74. The molecule has 7 amide bonds. The van der Waals surface area contributed by atoms with Crippen LogP contribution in [0.1, 0.15) is 109 Å². The molecule has 3 aliphatic rings. The Morgan fingerprint density at radius 1 is 1.05 bits per heavy atom. The van der Waals surface area contributed by atoms with Crippen molar-refractivity contribution in [3.63, 3.8) is 0 Å². The molecular weight excluding hydrogens is 1250 g/mol. The van der Waals surface area contributed by atoms with E-state index < -0.39 is 126 Å². The maximum atomic E-state index is 14.5. The number of likely N-dealkylation sites (N-methyl/N-ethyl adjacent to an activating group) is 1. The molecule has 3 aliphatic heterocycles. The summed E-state index contributed by atoms with van der Waals surface area (Å²) in [6.07, 6.45) is 1.57. The summed E-state index contributed by atoms with van der Waals surface area (Å²) in [5, 5.41) is 25.8. The molecule has 4 bridgehead atoms. The molecule has 0 aromatic heterocycles. The van der Waals surface area contributed by atoms with Crippen molar-refractivity contribution in [2.75, 3.05) is 50.4 Å². The van der Waals surface area contributed by atoms with Crippen molar-refractivity contribution in [2.45, 2.75) is 166 Å². The quantitative estimate of drug-likeness (QED) is 0.0105. The van der Waals surface area contributed by atoms with Crippen LogP contribution in [0.4, 0.5) is 21.0 Å². The molecule has 8 N–H and O–H groups in total. The Labute approximate surface area is 531 Å². The van der Waals surface area contributed by atoms with Crippen molar-refractivity contribution in [1.82, 2.24) is 26.2 Å². The van der Waals surface area contributed by atoms with Crippen LogP contribution in [-0.4, -0.2) is 170 Å². The van der Waals surface area contributed by atoms with Gasteiger partial charge in [0.25, 0.3) is 5.91 Å². The van der Waals surface area contributed by atoms with E-state index in [2.05, 4.69) is 49.1 Å². The topological polar surface area (TPSA) is 325 Å². The molecule has 2 aromatic carbocycles. The fourth-order valence-corrected chi connectivity index (χ4v) is 11.2. The van der Waals surface area contributed by atoms with Gasteiger partial charge in [0, 0.05) is 56.7 Å². The number of nitrogens with two attached hydrogens (primary N) is 1. The lowest BCUT2D eigenvalue weighted by Crippen LogP contribution is -2.63. The number of aliphatic hydroxyl groups is 1. The molecule has 3 heterocycles. The van der Waals surface area contributed by atoms with Crippen molar-refractivity contribution in [2.24, 2.45) is 17.6 Å². The predicted octanol–water partition coefficient (Wildman–Crippen LogP) is 6.59. The summed E-state index contributed by atoms with van der Waals surface area (Å²) in [6.45, 7) is 15.7. The summed E-state index contributed by atoms with van der Waals surface area (Å²) in [4.78, 5) is 123. The number of carbonyl (C=O) groups is 9. The van der Waals surface area contributed by atoms with Gasteiger partial charge in [0.1, 0.15) is 53.1 Å². The van der Waals surface area contributed by atoms with Gasteiger partial charge in [0.15, 0.2) is 5.72 Å². The zero-order valence-corrected chi connectivity index (χ0v) is 54.6. The van der Waals surface area contributed by atoms with Crippen molar-refractivity contribution in [3.8, 4) is 5.75 Å². The number of fused-ring (bicyclic) bond motifs is 5. The third kappa shape index (κ3) is 19.0. The van der Waals surface area contributed by atoms with Crippen LogP contribution in [0.2, 0.25) is 10.0 Å². The second-order valence-corrected chi connectivity index (χ2v) is 24.4. The maximum absolute atomic E-state index is 14.5. The van der Waals surface area contributed by atoms with E-state index in [0.29, 0.717) is 43.4 Å². The molecule has 2 unspecified atom stereocenters. The monoisotopic (exact) mass is 1330 g/mol. The Morgan fingerprint density at radius 2 is 1.75 bits per heavy atom. The summed E-state index contributed by atoms with van der Waals surface area (Å²) in [6, 6.07) is 2.52. The third-order valence-electron chi connectivity index (χ3n) is 15.9. The van der Waals surface area contributed by atoms with Crippen LogP contribution < -0.4 is 42.0 Å². The first-order valence-corrected chi connectivity index (χ1v) is 30.8. The molecule has 2 saturated heterocycles. The Kier molecular flexibility index (Phi) is 26.4. The highest BCUT2D eigenvalue weighted by atomic mass is 79.9. The lowest BCUT2D eigenvalue weighted by Gasteiger charge is -2.42. The summed E-state index contributed by atoms with van der Waals surface area (Å²) in [5.41, 5.74) is 4.17. The first-order chi connectivity index (χ1) is 41.4.